The molecule has 122 valence electrons. The Hall–Kier alpha value is -2.10. The second-order valence-electron chi connectivity index (χ2n) is 6.49. The minimum absolute atomic E-state index is 0.0359. The van der Waals surface area contributed by atoms with E-state index in [4.69, 9.17) is 0 Å². The van der Waals surface area contributed by atoms with Crippen molar-refractivity contribution in [2.75, 3.05) is 0 Å². The molecule has 1 aliphatic carbocycles. The van der Waals surface area contributed by atoms with Crippen molar-refractivity contribution in [2.45, 2.75) is 57.5 Å². The second kappa shape index (κ2) is 6.99. The number of carbonyl (C=O) groups excluding carboxylic acids is 2. The summed E-state index contributed by atoms with van der Waals surface area (Å²) in [5.74, 6) is 0.00414. The van der Waals surface area contributed by atoms with Crippen LogP contribution < -0.4 is 5.32 Å². The number of carbonyl (C=O) groups is 2. The average Bonchev–Trinajstić information content (AvgIpc) is 2.55. The van der Waals surface area contributed by atoms with Gasteiger partial charge in [0.25, 0.3) is 0 Å². The molecule has 1 unspecified atom stereocenters. The minimum atomic E-state index is -0.211. The number of benzene rings is 1. The van der Waals surface area contributed by atoms with Gasteiger partial charge in [-0.05, 0) is 30.0 Å². The van der Waals surface area contributed by atoms with Crippen LogP contribution in [-0.2, 0) is 9.59 Å². The molecule has 1 aromatic carbocycles. The van der Waals surface area contributed by atoms with Crippen molar-refractivity contribution in [1.29, 1.82) is 0 Å². The molecule has 2 amide bonds. The van der Waals surface area contributed by atoms with Crippen LogP contribution in [0, 0.1) is 0 Å². The lowest BCUT2D eigenvalue weighted by Crippen LogP contribution is -2.39. The van der Waals surface area contributed by atoms with Crippen molar-refractivity contribution in [2.24, 2.45) is 0 Å². The molecule has 1 heterocycles. The van der Waals surface area contributed by atoms with Crippen molar-refractivity contribution in [1.82, 2.24) is 10.2 Å². The molecule has 1 aliphatic heterocycles. The zero-order valence-electron chi connectivity index (χ0n) is 13.6. The number of hydrogen-bond donors (Lipinski definition) is 1. The van der Waals surface area contributed by atoms with Gasteiger partial charge in [-0.2, -0.15) is 0 Å². The Morgan fingerprint density at radius 2 is 1.91 bits per heavy atom. The SMILES string of the molecule is CC(=O)N1C=Cc2ccccc2C1CC(=O)NC1CCCCC1. The highest BCUT2D eigenvalue weighted by molar-refractivity contribution is 5.82. The van der Waals surface area contributed by atoms with Crippen LogP contribution in [0.15, 0.2) is 30.5 Å². The smallest absolute Gasteiger partial charge is 0.223 e. The number of nitrogens with zero attached hydrogens (tertiary/aromatic N) is 1. The van der Waals surface area contributed by atoms with E-state index in [1.165, 1.54) is 19.3 Å². The Labute approximate surface area is 137 Å². The fourth-order valence-corrected chi connectivity index (χ4v) is 3.62. The van der Waals surface area contributed by atoms with Gasteiger partial charge in [-0.1, -0.05) is 43.5 Å². The van der Waals surface area contributed by atoms with Crippen molar-refractivity contribution in [3.05, 3.63) is 41.6 Å². The van der Waals surface area contributed by atoms with Crippen LogP contribution in [0.1, 0.15) is 62.6 Å². The molecule has 2 aliphatic rings. The van der Waals surface area contributed by atoms with Crippen LogP contribution in [0.5, 0.6) is 0 Å². The average molecular weight is 312 g/mol. The van der Waals surface area contributed by atoms with Gasteiger partial charge in [0.05, 0.1) is 12.5 Å². The first-order valence-electron chi connectivity index (χ1n) is 8.50. The molecular formula is C19H24N2O2. The van der Waals surface area contributed by atoms with Crippen LogP contribution in [0.3, 0.4) is 0 Å². The molecule has 1 aromatic rings. The zero-order chi connectivity index (χ0) is 16.2. The van der Waals surface area contributed by atoms with E-state index < -0.39 is 0 Å². The van der Waals surface area contributed by atoms with Gasteiger partial charge in [0.15, 0.2) is 0 Å². The highest BCUT2D eigenvalue weighted by Gasteiger charge is 2.28. The summed E-state index contributed by atoms with van der Waals surface area (Å²) < 4.78 is 0. The minimum Gasteiger partial charge on any atom is -0.353 e. The summed E-state index contributed by atoms with van der Waals surface area (Å²) in [5, 5.41) is 3.16. The summed E-state index contributed by atoms with van der Waals surface area (Å²) >= 11 is 0. The summed E-state index contributed by atoms with van der Waals surface area (Å²) in [7, 11) is 0. The monoisotopic (exact) mass is 312 g/mol. The first-order valence-corrected chi connectivity index (χ1v) is 8.50. The van der Waals surface area contributed by atoms with E-state index in [0.717, 1.165) is 24.0 Å². The highest BCUT2D eigenvalue weighted by Crippen LogP contribution is 2.32. The van der Waals surface area contributed by atoms with E-state index >= 15 is 0 Å². The molecule has 4 nitrogen and oxygen atoms in total. The van der Waals surface area contributed by atoms with Gasteiger partial charge in [0.1, 0.15) is 0 Å². The molecule has 1 N–H and O–H groups in total. The molecule has 3 rings (SSSR count). The maximum Gasteiger partial charge on any atom is 0.223 e. The number of rotatable bonds is 3. The zero-order valence-corrected chi connectivity index (χ0v) is 13.6. The molecule has 23 heavy (non-hydrogen) atoms. The van der Waals surface area contributed by atoms with E-state index in [1.54, 1.807) is 18.0 Å². The fraction of sp³-hybridized carbons (Fsp3) is 0.474. The molecule has 0 radical (unpaired) electrons. The van der Waals surface area contributed by atoms with Gasteiger partial charge in [0.2, 0.25) is 11.8 Å². The predicted molar refractivity (Wildman–Crippen MR) is 90.4 cm³/mol. The Morgan fingerprint density at radius 1 is 1.17 bits per heavy atom. The quantitative estimate of drug-likeness (QED) is 0.930. The first-order chi connectivity index (χ1) is 11.1. The van der Waals surface area contributed by atoms with Gasteiger partial charge >= 0.3 is 0 Å². The lowest BCUT2D eigenvalue weighted by Gasteiger charge is -2.33. The van der Waals surface area contributed by atoms with E-state index in [1.807, 2.05) is 30.3 Å². The number of nitrogens with one attached hydrogen (secondary N) is 1. The van der Waals surface area contributed by atoms with Crippen molar-refractivity contribution < 1.29 is 9.59 Å². The maximum absolute atomic E-state index is 12.5. The molecule has 0 aromatic heterocycles. The maximum atomic E-state index is 12.5. The third-order valence-corrected chi connectivity index (χ3v) is 4.82. The largest absolute Gasteiger partial charge is 0.353 e. The molecule has 0 bridgehead atoms. The summed E-state index contributed by atoms with van der Waals surface area (Å²) in [5.41, 5.74) is 2.13. The fourth-order valence-electron chi connectivity index (χ4n) is 3.62. The van der Waals surface area contributed by atoms with Gasteiger partial charge < -0.3 is 10.2 Å². The van der Waals surface area contributed by atoms with Gasteiger partial charge in [-0.3, -0.25) is 9.59 Å². The van der Waals surface area contributed by atoms with Gasteiger partial charge in [0, 0.05) is 19.2 Å². The number of hydrogen-bond acceptors (Lipinski definition) is 2. The standard InChI is InChI=1S/C19H24N2O2/c1-14(22)21-12-11-15-7-5-6-10-17(15)18(21)13-19(23)20-16-8-3-2-4-9-16/h5-7,10-12,16,18H,2-4,8-9,13H2,1H3,(H,20,23). The normalized spacial score (nSPS) is 20.9. The Kier molecular flexibility index (Phi) is 4.79. The predicted octanol–water partition coefficient (Wildman–Crippen LogP) is 3.40. The summed E-state index contributed by atoms with van der Waals surface area (Å²) in [6, 6.07) is 8.06. The third-order valence-electron chi connectivity index (χ3n) is 4.82. The first kappa shape index (κ1) is 15.8. The lowest BCUT2D eigenvalue weighted by molar-refractivity contribution is -0.130. The molecular weight excluding hydrogens is 288 g/mol. The molecule has 4 heteroatoms. The van der Waals surface area contributed by atoms with E-state index in [-0.39, 0.29) is 17.9 Å². The van der Waals surface area contributed by atoms with E-state index in [0.29, 0.717) is 12.5 Å². The Morgan fingerprint density at radius 3 is 2.65 bits per heavy atom. The summed E-state index contributed by atoms with van der Waals surface area (Å²) in [4.78, 5) is 26.1. The number of fused-ring (bicyclic) bond motifs is 1. The van der Waals surface area contributed by atoms with Crippen LogP contribution in [-0.4, -0.2) is 22.8 Å². The molecule has 0 saturated heterocycles. The molecule has 1 atom stereocenters. The molecule has 0 spiro atoms. The number of amides is 2. The van der Waals surface area contributed by atoms with Crippen LogP contribution in [0.2, 0.25) is 0 Å². The molecule has 1 fully saturated rings. The Balaban J connectivity index is 1.74. The van der Waals surface area contributed by atoms with Gasteiger partial charge in [-0.25, -0.2) is 0 Å². The Bertz CT molecular complexity index is 618. The van der Waals surface area contributed by atoms with Crippen molar-refractivity contribution in [3.8, 4) is 0 Å². The van der Waals surface area contributed by atoms with Crippen LogP contribution in [0.4, 0.5) is 0 Å². The second-order valence-corrected chi connectivity index (χ2v) is 6.49. The lowest BCUT2D eigenvalue weighted by atomic mass is 9.92. The van der Waals surface area contributed by atoms with Gasteiger partial charge in [-0.15, -0.1) is 0 Å². The van der Waals surface area contributed by atoms with E-state index in [9.17, 15) is 9.59 Å². The van der Waals surface area contributed by atoms with Crippen LogP contribution in [0.25, 0.3) is 6.08 Å². The van der Waals surface area contributed by atoms with Crippen LogP contribution >= 0.6 is 0 Å². The highest BCUT2D eigenvalue weighted by atomic mass is 16.2. The van der Waals surface area contributed by atoms with E-state index in [2.05, 4.69) is 5.32 Å². The topological polar surface area (TPSA) is 49.4 Å². The third kappa shape index (κ3) is 3.63. The molecule has 1 saturated carbocycles. The summed E-state index contributed by atoms with van der Waals surface area (Å²) in [6.45, 7) is 1.55. The summed E-state index contributed by atoms with van der Waals surface area (Å²) in [6.07, 6.45) is 9.85. The van der Waals surface area contributed by atoms with Crippen molar-refractivity contribution >= 4 is 17.9 Å². The van der Waals surface area contributed by atoms with Crippen molar-refractivity contribution in [3.63, 3.8) is 0 Å².